The first-order valence-corrected chi connectivity index (χ1v) is 8.02. The molecule has 21 heavy (non-hydrogen) atoms. The predicted octanol–water partition coefficient (Wildman–Crippen LogP) is 2.72. The quantitative estimate of drug-likeness (QED) is 0.944. The number of thiophene rings is 1. The molecule has 1 fully saturated rings. The van der Waals surface area contributed by atoms with Gasteiger partial charge in [-0.3, -0.25) is 0 Å². The molecule has 7 heteroatoms. The van der Waals surface area contributed by atoms with E-state index < -0.39 is 0 Å². The maximum absolute atomic E-state index is 11.7. The Morgan fingerprint density at radius 2 is 2.29 bits per heavy atom. The summed E-state index contributed by atoms with van der Waals surface area (Å²) in [6, 6.07) is 2.33. The zero-order valence-corrected chi connectivity index (χ0v) is 12.7. The van der Waals surface area contributed by atoms with Gasteiger partial charge in [0, 0.05) is 19.1 Å². The molecule has 0 aromatic carbocycles. The van der Waals surface area contributed by atoms with Crippen LogP contribution < -0.4 is 5.32 Å². The fourth-order valence-electron chi connectivity index (χ4n) is 2.51. The second kappa shape index (κ2) is 6.26. The minimum absolute atomic E-state index is 0.210. The van der Waals surface area contributed by atoms with Gasteiger partial charge in [-0.1, -0.05) is 0 Å². The highest BCUT2D eigenvalue weighted by molar-refractivity contribution is 7.17. The lowest BCUT2D eigenvalue weighted by molar-refractivity contribution is 0.0983. The number of hydrogen-bond acceptors (Lipinski definition) is 6. The number of aromatic nitrogens is 2. The van der Waals surface area contributed by atoms with Crippen LogP contribution in [0.25, 0.3) is 10.2 Å². The number of carbonyl (C=O) groups excluding carboxylic acids is 1. The molecule has 1 saturated heterocycles. The number of piperidine rings is 1. The minimum atomic E-state index is -0.210. The molecule has 2 aromatic rings. The molecule has 112 valence electrons. The van der Waals surface area contributed by atoms with Gasteiger partial charge < -0.3 is 15.0 Å². The van der Waals surface area contributed by atoms with Gasteiger partial charge in [0.05, 0.1) is 16.8 Å². The lowest BCUT2D eigenvalue weighted by atomic mass is 10.1. The fourth-order valence-corrected chi connectivity index (χ4v) is 3.30. The molecule has 0 unspecified atom stereocenters. The highest BCUT2D eigenvalue weighted by Gasteiger charge is 2.24. The summed E-state index contributed by atoms with van der Waals surface area (Å²) < 4.78 is 6.12. The van der Waals surface area contributed by atoms with Gasteiger partial charge in [0.2, 0.25) is 0 Å². The first-order chi connectivity index (χ1) is 10.3. The Labute approximate surface area is 127 Å². The third kappa shape index (κ3) is 3.07. The number of carbonyl (C=O) groups is 1. The van der Waals surface area contributed by atoms with Crippen molar-refractivity contribution in [2.75, 3.05) is 25.0 Å². The van der Waals surface area contributed by atoms with E-state index in [9.17, 15) is 4.79 Å². The lowest BCUT2D eigenvalue weighted by Crippen LogP contribution is -2.42. The van der Waals surface area contributed by atoms with Gasteiger partial charge in [-0.05, 0) is 31.2 Å². The number of nitrogens with zero attached hydrogens (tertiary/aromatic N) is 3. The van der Waals surface area contributed by atoms with Crippen LogP contribution in [0.3, 0.4) is 0 Å². The fraction of sp³-hybridized carbons (Fsp3) is 0.500. The van der Waals surface area contributed by atoms with Crippen LogP contribution >= 0.6 is 11.3 Å². The maximum Gasteiger partial charge on any atom is 0.409 e. The van der Waals surface area contributed by atoms with Crippen molar-refractivity contribution in [1.82, 2.24) is 14.9 Å². The first-order valence-electron chi connectivity index (χ1n) is 7.14. The molecule has 1 N–H and O–H groups in total. The normalized spacial score (nSPS) is 16.1. The van der Waals surface area contributed by atoms with Crippen LogP contribution in [-0.2, 0) is 4.74 Å². The molecule has 2 aromatic heterocycles. The molecule has 0 atom stereocenters. The Morgan fingerprint density at radius 3 is 3.05 bits per heavy atom. The molecule has 3 rings (SSSR count). The Bertz CT molecular complexity index is 622. The minimum Gasteiger partial charge on any atom is -0.450 e. The largest absolute Gasteiger partial charge is 0.450 e. The number of ether oxygens (including phenoxy) is 1. The monoisotopic (exact) mass is 306 g/mol. The maximum atomic E-state index is 11.7. The van der Waals surface area contributed by atoms with E-state index in [1.165, 1.54) is 0 Å². The number of anilines is 1. The molecule has 1 aliphatic rings. The molecule has 0 bridgehead atoms. The number of likely N-dealkylation sites (tertiary alicyclic amines) is 1. The molecule has 0 radical (unpaired) electrons. The van der Waals surface area contributed by atoms with E-state index in [0.717, 1.165) is 42.0 Å². The molecule has 0 spiro atoms. The first kappa shape index (κ1) is 14.1. The highest BCUT2D eigenvalue weighted by Crippen LogP contribution is 2.26. The summed E-state index contributed by atoms with van der Waals surface area (Å²) in [4.78, 5) is 22.0. The van der Waals surface area contributed by atoms with Crippen molar-refractivity contribution in [2.24, 2.45) is 0 Å². The Balaban J connectivity index is 1.60. The average molecular weight is 306 g/mol. The van der Waals surface area contributed by atoms with Gasteiger partial charge in [0.1, 0.15) is 12.1 Å². The van der Waals surface area contributed by atoms with Crippen LogP contribution in [0.15, 0.2) is 17.8 Å². The molecular weight excluding hydrogens is 288 g/mol. The number of rotatable bonds is 3. The molecule has 0 saturated carbocycles. The van der Waals surface area contributed by atoms with E-state index >= 15 is 0 Å². The smallest absolute Gasteiger partial charge is 0.409 e. The van der Waals surface area contributed by atoms with E-state index in [4.69, 9.17) is 4.74 Å². The van der Waals surface area contributed by atoms with Crippen LogP contribution in [0.2, 0.25) is 0 Å². The Hall–Kier alpha value is -1.89. The van der Waals surface area contributed by atoms with Crippen LogP contribution in [0.1, 0.15) is 19.8 Å². The standard InChI is InChI=1S/C14H18N4O2S/c1-2-20-14(19)18-6-3-10(4-7-18)17-13-12-11(5-8-21-12)15-9-16-13/h5,8-10H,2-4,6-7H2,1H3,(H,15,16,17). The van der Waals surface area contributed by atoms with Crippen LogP contribution in [0.5, 0.6) is 0 Å². The summed E-state index contributed by atoms with van der Waals surface area (Å²) >= 11 is 1.64. The number of nitrogens with one attached hydrogen (secondary N) is 1. The Morgan fingerprint density at radius 1 is 1.48 bits per heavy atom. The highest BCUT2D eigenvalue weighted by atomic mass is 32.1. The molecule has 1 amide bonds. The van der Waals surface area contributed by atoms with Gasteiger partial charge in [0.25, 0.3) is 0 Å². The van der Waals surface area contributed by atoms with Crippen molar-refractivity contribution in [3.05, 3.63) is 17.8 Å². The zero-order valence-electron chi connectivity index (χ0n) is 11.9. The molecule has 3 heterocycles. The van der Waals surface area contributed by atoms with Crippen molar-refractivity contribution in [1.29, 1.82) is 0 Å². The van der Waals surface area contributed by atoms with Gasteiger partial charge >= 0.3 is 6.09 Å². The SMILES string of the molecule is CCOC(=O)N1CCC(Nc2ncnc3ccsc23)CC1. The van der Waals surface area contributed by atoms with Gasteiger partial charge in [-0.25, -0.2) is 14.8 Å². The summed E-state index contributed by atoms with van der Waals surface area (Å²) in [5.74, 6) is 0.893. The summed E-state index contributed by atoms with van der Waals surface area (Å²) in [7, 11) is 0. The van der Waals surface area contributed by atoms with E-state index in [-0.39, 0.29) is 6.09 Å². The number of hydrogen-bond donors (Lipinski definition) is 1. The predicted molar refractivity (Wildman–Crippen MR) is 82.7 cm³/mol. The van der Waals surface area contributed by atoms with Crippen molar-refractivity contribution < 1.29 is 9.53 Å². The van der Waals surface area contributed by atoms with E-state index in [1.54, 1.807) is 22.6 Å². The van der Waals surface area contributed by atoms with E-state index in [0.29, 0.717) is 12.6 Å². The molecule has 0 aliphatic carbocycles. The van der Waals surface area contributed by atoms with Crippen LogP contribution in [-0.4, -0.2) is 46.7 Å². The second-order valence-electron chi connectivity index (χ2n) is 4.96. The van der Waals surface area contributed by atoms with Crippen molar-refractivity contribution in [3.8, 4) is 0 Å². The number of fused-ring (bicyclic) bond motifs is 1. The van der Waals surface area contributed by atoms with E-state index in [1.807, 2.05) is 18.4 Å². The zero-order chi connectivity index (χ0) is 14.7. The van der Waals surface area contributed by atoms with Crippen molar-refractivity contribution >= 4 is 33.5 Å². The van der Waals surface area contributed by atoms with Crippen molar-refractivity contribution in [3.63, 3.8) is 0 Å². The molecular formula is C14H18N4O2S. The van der Waals surface area contributed by atoms with Gasteiger partial charge in [-0.15, -0.1) is 11.3 Å². The third-order valence-electron chi connectivity index (χ3n) is 3.60. The average Bonchev–Trinajstić information content (AvgIpc) is 2.98. The van der Waals surface area contributed by atoms with E-state index in [2.05, 4.69) is 15.3 Å². The second-order valence-corrected chi connectivity index (χ2v) is 5.88. The summed E-state index contributed by atoms with van der Waals surface area (Å²) in [6.07, 6.45) is 3.18. The third-order valence-corrected chi connectivity index (χ3v) is 4.52. The summed E-state index contributed by atoms with van der Waals surface area (Å²) in [5, 5.41) is 5.50. The molecule has 1 aliphatic heterocycles. The topological polar surface area (TPSA) is 67.3 Å². The van der Waals surface area contributed by atoms with Crippen molar-refractivity contribution in [2.45, 2.75) is 25.8 Å². The molecule has 6 nitrogen and oxygen atoms in total. The summed E-state index contributed by atoms with van der Waals surface area (Å²) in [5.41, 5.74) is 0.974. The van der Waals surface area contributed by atoms with Gasteiger partial charge in [0.15, 0.2) is 0 Å². The Kier molecular flexibility index (Phi) is 4.19. The lowest BCUT2D eigenvalue weighted by Gasteiger charge is -2.31. The number of amides is 1. The van der Waals surface area contributed by atoms with Gasteiger partial charge in [-0.2, -0.15) is 0 Å². The summed E-state index contributed by atoms with van der Waals surface area (Å²) in [6.45, 7) is 3.69. The van der Waals surface area contributed by atoms with Crippen LogP contribution in [0.4, 0.5) is 10.6 Å². The van der Waals surface area contributed by atoms with Crippen LogP contribution in [0, 0.1) is 0 Å².